The second-order valence-corrected chi connectivity index (χ2v) is 7.53. The van der Waals surface area contributed by atoms with Crippen molar-refractivity contribution >= 4 is 5.69 Å². The van der Waals surface area contributed by atoms with E-state index in [1.165, 1.54) is 17.7 Å². The molecule has 2 aromatic rings. The number of anilines is 1. The van der Waals surface area contributed by atoms with Crippen LogP contribution in [0.3, 0.4) is 0 Å². The van der Waals surface area contributed by atoms with E-state index in [1.54, 1.807) is 12.1 Å². The summed E-state index contributed by atoms with van der Waals surface area (Å²) < 4.78 is 40.8. The van der Waals surface area contributed by atoms with E-state index in [4.69, 9.17) is 0 Å². The van der Waals surface area contributed by atoms with Crippen LogP contribution in [0.1, 0.15) is 60.4 Å². The molecule has 0 amide bonds. The van der Waals surface area contributed by atoms with Crippen LogP contribution in [-0.2, 0) is 6.18 Å². The Morgan fingerprint density at radius 3 is 2.46 bits per heavy atom. The highest BCUT2D eigenvalue weighted by Crippen LogP contribution is 2.52. The number of allylic oxidation sites excluding steroid dienone is 2. The van der Waals surface area contributed by atoms with Crippen molar-refractivity contribution in [3.05, 3.63) is 76.9 Å². The number of rotatable bonds is 2. The van der Waals surface area contributed by atoms with Gasteiger partial charge in [0.1, 0.15) is 0 Å². The zero-order valence-electron chi connectivity index (χ0n) is 14.8. The molecule has 0 unspecified atom stereocenters. The Morgan fingerprint density at radius 2 is 1.73 bits per heavy atom. The van der Waals surface area contributed by atoms with Crippen molar-refractivity contribution in [1.82, 2.24) is 0 Å². The molecule has 0 fully saturated rings. The summed E-state index contributed by atoms with van der Waals surface area (Å²) in [6.07, 6.45) is 0.715. The van der Waals surface area contributed by atoms with E-state index in [0.29, 0.717) is 11.5 Å². The molecule has 136 valence electrons. The number of para-hydroxylation sites is 1. The Hall–Kier alpha value is -2.23. The summed E-state index contributed by atoms with van der Waals surface area (Å²) in [5, 5.41) is 3.51. The fourth-order valence-corrected chi connectivity index (χ4v) is 4.46. The minimum Gasteiger partial charge on any atom is -0.377 e. The molecule has 0 bridgehead atoms. The van der Waals surface area contributed by atoms with Crippen LogP contribution in [0.2, 0.25) is 0 Å². The molecule has 1 heterocycles. The zero-order chi connectivity index (χ0) is 18.5. The monoisotopic (exact) mass is 357 g/mol. The van der Waals surface area contributed by atoms with Crippen molar-refractivity contribution in [2.75, 3.05) is 5.32 Å². The van der Waals surface area contributed by atoms with E-state index in [-0.39, 0.29) is 17.9 Å². The SMILES string of the molecule is CC(C)c1cccc2c1N[C@H](c1ccccc1C(F)(F)F)[C@@H]1CC=C[C@H]21. The highest BCUT2D eigenvalue weighted by Gasteiger charge is 2.42. The lowest BCUT2D eigenvalue weighted by Gasteiger charge is -2.39. The molecule has 4 heteroatoms. The van der Waals surface area contributed by atoms with Crippen molar-refractivity contribution in [2.24, 2.45) is 5.92 Å². The van der Waals surface area contributed by atoms with Crippen molar-refractivity contribution in [3.63, 3.8) is 0 Å². The summed E-state index contributed by atoms with van der Waals surface area (Å²) in [6.45, 7) is 4.24. The molecule has 26 heavy (non-hydrogen) atoms. The van der Waals surface area contributed by atoms with Crippen molar-refractivity contribution in [3.8, 4) is 0 Å². The average molecular weight is 357 g/mol. The topological polar surface area (TPSA) is 12.0 Å². The van der Waals surface area contributed by atoms with Gasteiger partial charge in [-0.2, -0.15) is 13.2 Å². The largest absolute Gasteiger partial charge is 0.416 e. The molecule has 1 aliphatic heterocycles. The van der Waals surface area contributed by atoms with E-state index in [1.807, 2.05) is 0 Å². The lowest BCUT2D eigenvalue weighted by Crippen LogP contribution is -2.31. The van der Waals surface area contributed by atoms with Crippen LogP contribution in [-0.4, -0.2) is 0 Å². The summed E-state index contributed by atoms with van der Waals surface area (Å²) in [5.74, 6) is 0.572. The Balaban J connectivity index is 1.86. The van der Waals surface area contributed by atoms with E-state index < -0.39 is 11.7 Å². The molecule has 0 radical (unpaired) electrons. The quantitative estimate of drug-likeness (QED) is 0.593. The van der Waals surface area contributed by atoms with Gasteiger partial charge in [-0.15, -0.1) is 0 Å². The molecule has 2 aromatic carbocycles. The molecule has 1 nitrogen and oxygen atoms in total. The molecular formula is C22H22F3N. The van der Waals surface area contributed by atoms with Gasteiger partial charge in [0.2, 0.25) is 0 Å². The highest BCUT2D eigenvalue weighted by atomic mass is 19.4. The number of benzene rings is 2. The van der Waals surface area contributed by atoms with E-state index in [0.717, 1.165) is 17.7 Å². The zero-order valence-corrected chi connectivity index (χ0v) is 14.8. The minimum atomic E-state index is -4.35. The molecule has 4 rings (SSSR count). The number of hydrogen-bond donors (Lipinski definition) is 1. The number of alkyl halides is 3. The van der Waals surface area contributed by atoms with Crippen LogP contribution in [0.15, 0.2) is 54.6 Å². The third-order valence-corrected chi connectivity index (χ3v) is 5.65. The Kier molecular flexibility index (Phi) is 4.09. The van der Waals surface area contributed by atoms with Gasteiger partial charge in [-0.05, 0) is 41.0 Å². The summed E-state index contributed by atoms with van der Waals surface area (Å²) in [4.78, 5) is 0. The first kappa shape index (κ1) is 17.2. The van der Waals surface area contributed by atoms with Gasteiger partial charge < -0.3 is 5.32 Å². The molecular weight excluding hydrogens is 335 g/mol. The van der Waals surface area contributed by atoms with Gasteiger partial charge >= 0.3 is 6.18 Å². The van der Waals surface area contributed by atoms with Crippen molar-refractivity contribution < 1.29 is 13.2 Å². The molecule has 3 atom stereocenters. The standard InChI is InChI=1S/C22H22F3N/c1-13(2)14-8-5-10-16-15-9-6-11-17(15)21(26-20(14)16)18-7-3-4-12-19(18)22(23,24)25/h3-10,12-13,15,17,21,26H,11H2,1-2H3/t15-,17-,21+/m1/s1. The molecule has 0 saturated carbocycles. The molecule has 1 N–H and O–H groups in total. The normalized spacial score (nSPS) is 24.3. The third-order valence-electron chi connectivity index (χ3n) is 5.65. The fourth-order valence-electron chi connectivity index (χ4n) is 4.46. The first-order valence-corrected chi connectivity index (χ1v) is 9.10. The first-order chi connectivity index (χ1) is 12.4. The highest BCUT2D eigenvalue weighted by molar-refractivity contribution is 5.65. The number of halogens is 3. The predicted octanol–water partition coefficient (Wildman–Crippen LogP) is 6.66. The van der Waals surface area contributed by atoms with Crippen LogP contribution in [0, 0.1) is 5.92 Å². The summed E-state index contributed by atoms with van der Waals surface area (Å²) in [5.41, 5.74) is 3.19. The first-order valence-electron chi connectivity index (χ1n) is 9.10. The minimum absolute atomic E-state index is 0.105. The van der Waals surface area contributed by atoms with Gasteiger partial charge in [0, 0.05) is 11.6 Å². The molecule has 1 aliphatic carbocycles. The number of nitrogens with one attached hydrogen (secondary N) is 1. The van der Waals surface area contributed by atoms with Gasteiger partial charge in [-0.3, -0.25) is 0 Å². The van der Waals surface area contributed by atoms with Gasteiger partial charge in [-0.25, -0.2) is 0 Å². The Morgan fingerprint density at radius 1 is 1.00 bits per heavy atom. The van der Waals surface area contributed by atoms with E-state index >= 15 is 0 Å². The molecule has 0 spiro atoms. The molecule has 0 aromatic heterocycles. The van der Waals surface area contributed by atoms with Gasteiger partial charge in [-0.1, -0.05) is 62.4 Å². The van der Waals surface area contributed by atoms with Gasteiger partial charge in [0.25, 0.3) is 0 Å². The van der Waals surface area contributed by atoms with Crippen LogP contribution in [0.5, 0.6) is 0 Å². The van der Waals surface area contributed by atoms with Gasteiger partial charge in [0.15, 0.2) is 0 Å². The van der Waals surface area contributed by atoms with Crippen molar-refractivity contribution in [1.29, 1.82) is 0 Å². The Labute approximate surface area is 151 Å². The lowest BCUT2D eigenvalue weighted by atomic mass is 9.75. The van der Waals surface area contributed by atoms with Crippen LogP contribution in [0.25, 0.3) is 0 Å². The Bertz CT molecular complexity index is 851. The van der Waals surface area contributed by atoms with Gasteiger partial charge in [0.05, 0.1) is 11.6 Å². The second-order valence-electron chi connectivity index (χ2n) is 7.53. The summed E-state index contributed by atoms with van der Waals surface area (Å²) in [6, 6.07) is 11.9. The summed E-state index contributed by atoms with van der Waals surface area (Å²) >= 11 is 0. The lowest BCUT2D eigenvalue weighted by molar-refractivity contribution is -0.138. The average Bonchev–Trinajstić information content (AvgIpc) is 3.09. The molecule has 0 saturated heterocycles. The third kappa shape index (κ3) is 2.72. The molecule has 2 aliphatic rings. The number of hydrogen-bond acceptors (Lipinski definition) is 1. The van der Waals surface area contributed by atoms with Crippen LogP contribution >= 0.6 is 0 Å². The van der Waals surface area contributed by atoms with E-state index in [9.17, 15) is 13.2 Å². The maximum atomic E-state index is 13.6. The maximum absolute atomic E-state index is 13.6. The smallest absolute Gasteiger partial charge is 0.377 e. The number of fused-ring (bicyclic) bond motifs is 3. The second kappa shape index (κ2) is 6.19. The predicted molar refractivity (Wildman–Crippen MR) is 98.3 cm³/mol. The van der Waals surface area contributed by atoms with Crippen molar-refractivity contribution in [2.45, 2.75) is 44.3 Å². The van der Waals surface area contributed by atoms with Crippen LogP contribution < -0.4 is 5.32 Å². The summed E-state index contributed by atoms with van der Waals surface area (Å²) in [7, 11) is 0. The fraction of sp³-hybridized carbons (Fsp3) is 0.364. The maximum Gasteiger partial charge on any atom is 0.416 e. The van der Waals surface area contributed by atoms with E-state index in [2.05, 4.69) is 49.5 Å². The van der Waals surface area contributed by atoms with Crippen LogP contribution in [0.4, 0.5) is 18.9 Å².